The van der Waals surface area contributed by atoms with Crippen molar-refractivity contribution >= 4 is 29.7 Å². The van der Waals surface area contributed by atoms with Gasteiger partial charge in [-0.15, -0.1) is 0 Å². The van der Waals surface area contributed by atoms with Crippen LogP contribution in [0.5, 0.6) is 23.0 Å². The molecule has 0 atom stereocenters. The third-order valence-corrected chi connectivity index (χ3v) is 6.81. The first-order valence-electron chi connectivity index (χ1n) is 10.9. The fourth-order valence-electron chi connectivity index (χ4n) is 3.88. The highest BCUT2D eigenvalue weighted by Crippen LogP contribution is 2.39. The molecule has 2 N–H and O–H groups in total. The third kappa shape index (κ3) is 5.49. The van der Waals surface area contributed by atoms with Crippen molar-refractivity contribution in [2.45, 2.75) is 30.6 Å². The van der Waals surface area contributed by atoms with Gasteiger partial charge >= 0.3 is 17.9 Å². The van der Waals surface area contributed by atoms with Crippen LogP contribution < -0.4 is 18.9 Å². The Bertz CT molecular complexity index is 1400. The van der Waals surface area contributed by atoms with Gasteiger partial charge in [0.15, 0.2) is 0 Å². The van der Waals surface area contributed by atoms with Crippen molar-refractivity contribution in [3.05, 3.63) is 69.8 Å². The van der Waals surface area contributed by atoms with Gasteiger partial charge in [0.25, 0.3) is 0 Å². The molecule has 10 heteroatoms. The summed E-state index contributed by atoms with van der Waals surface area (Å²) in [6.45, 7) is 4.91. The van der Waals surface area contributed by atoms with E-state index in [1.165, 1.54) is 39.2 Å². The standard InChI is InChI=1S/C27H26O9S/c1-13-14(2)23(15(3)24(35-6)22(13)26(30)31)36-27(32)19-12-17(8-10-21(19)34-5)37-16-7-9-20(33-4)18(11-16)25(28)29/h7-12H,1-6H3,(H,28,29)(H,30,31). The second kappa shape index (κ2) is 11.3. The molecule has 37 heavy (non-hydrogen) atoms. The van der Waals surface area contributed by atoms with E-state index in [0.29, 0.717) is 26.5 Å². The minimum absolute atomic E-state index is 0.00787. The summed E-state index contributed by atoms with van der Waals surface area (Å²) in [7, 11) is 4.17. The molecule has 0 saturated carbocycles. The van der Waals surface area contributed by atoms with E-state index in [0.717, 1.165) is 0 Å². The first kappa shape index (κ1) is 27.4. The molecule has 0 aliphatic heterocycles. The predicted octanol–water partition coefficient (Wildman–Crippen LogP) is 5.40. The fourth-order valence-corrected chi connectivity index (χ4v) is 4.78. The summed E-state index contributed by atoms with van der Waals surface area (Å²) >= 11 is 1.25. The van der Waals surface area contributed by atoms with Gasteiger partial charge in [-0.3, -0.25) is 0 Å². The van der Waals surface area contributed by atoms with Crippen molar-refractivity contribution in [3.63, 3.8) is 0 Å². The lowest BCUT2D eigenvalue weighted by molar-refractivity contribution is 0.0680. The number of ether oxygens (including phenoxy) is 4. The second-order valence-electron chi connectivity index (χ2n) is 7.94. The van der Waals surface area contributed by atoms with Crippen LogP contribution in [-0.2, 0) is 0 Å². The SMILES string of the molecule is COc1ccc(Sc2ccc(OC)c(C(=O)Oc3c(C)c(C)c(C(=O)O)c(OC)c3C)c2)cc1C(=O)O. The van der Waals surface area contributed by atoms with E-state index in [-0.39, 0.29) is 39.7 Å². The molecule has 0 amide bonds. The number of carbonyl (C=O) groups excluding carboxylic acids is 1. The Hall–Kier alpha value is -4.18. The van der Waals surface area contributed by atoms with Crippen molar-refractivity contribution in [3.8, 4) is 23.0 Å². The van der Waals surface area contributed by atoms with Crippen LogP contribution in [0.4, 0.5) is 0 Å². The van der Waals surface area contributed by atoms with Crippen LogP contribution in [0, 0.1) is 20.8 Å². The molecule has 0 heterocycles. The predicted molar refractivity (Wildman–Crippen MR) is 136 cm³/mol. The Kier molecular flexibility index (Phi) is 8.34. The minimum Gasteiger partial charge on any atom is -0.496 e. The molecule has 194 valence electrons. The lowest BCUT2D eigenvalue weighted by Gasteiger charge is -2.19. The molecule has 0 unspecified atom stereocenters. The first-order valence-corrected chi connectivity index (χ1v) is 11.8. The van der Waals surface area contributed by atoms with Gasteiger partial charge in [0.2, 0.25) is 0 Å². The molecule has 0 bridgehead atoms. The Morgan fingerprint density at radius 2 is 1.22 bits per heavy atom. The molecule has 0 fully saturated rings. The fraction of sp³-hybridized carbons (Fsp3) is 0.222. The minimum atomic E-state index is -1.14. The normalized spacial score (nSPS) is 10.5. The first-order chi connectivity index (χ1) is 17.5. The molecule has 0 aliphatic carbocycles. The van der Waals surface area contributed by atoms with Gasteiger partial charge in [0.05, 0.1) is 21.3 Å². The number of carboxylic acids is 2. The van der Waals surface area contributed by atoms with Gasteiger partial charge < -0.3 is 29.2 Å². The maximum Gasteiger partial charge on any atom is 0.347 e. The number of hydrogen-bond donors (Lipinski definition) is 2. The topological polar surface area (TPSA) is 129 Å². The Balaban J connectivity index is 2.00. The average molecular weight is 527 g/mol. The van der Waals surface area contributed by atoms with Crippen LogP contribution in [0.25, 0.3) is 0 Å². The highest BCUT2D eigenvalue weighted by atomic mass is 32.2. The van der Waals surface area contributed by atoms with Gasteiger partial charge in [0, 0.05) is 15.4 Å². The summed E-state index contributed by atoms with van der Waals surface area (Å²) in [5, 5.41) is 19.1. The molecular weight excluding hydrogens is 500 g/mol. The Morgan fingerprint density at radius 1 is 0.676 bits per heavy atom. The summed E-state index contributed by atoms with van der Waals surface area (Å²) in [6, 6.07) is 9.68. The molecule has 0 saturated heterocycles. The highest BCUT2D eigenvalue weighted by molar-refractivity contribution is 7.99. The molecule has 3 rings (SSSR count). The van der Waals surface area contributed by atoms with E-state index < -0.39 is 17.9 Å². The molecule has 3 aromatic carbocycles. The van der Waals surface area contributed by atoms with Gasteiger partial charge in [-0.25, -0.2) is 14.4 Å². The summed E-state index contributed by atoms with van der Waals surface area (Å²) in [6.07, 6.45) is 0. The smallest absolute Gasteiger partial charge is 0.347 e. The highest BCUT2D eigenvalue weighted by Gasteiger charge is 2.26. The molecule has 3 aromatic rings. The maximum absolute atomic E-state index is 13.3. The van der Waals surface area contributed by atoms with E-state index in [9.17, 15) is 24.6 Å². The number of methoxy groups -OCH3 is 3. The van der Waals surface area contributed by atoms with Gasteiger partial charge in [-0.1, -0.05) is 11.8 Å². The molecule has 0 radical (unpaired) electrons. The lowest BCUT2D eigenvalue weighted by atomic mass is 9.97. The number of carbonyl (C=O) groups is 3. The van der Waals surface area contributed by atoms with Crippen molar-refractivity contribution in [1.29, 1.82) is 0 Å². The molecule has 0 aromatic heterocycles. The van der Waals surface area contributed by atoms with E-state index in [2.05, 4.69) is 0 Å². The zero-order chi connectivity index (χ0) is 27.4. The molecule has 0 spiro atoms. The van der Waals surface area contributed by atoms with E-state index in [1.807, 2.05) is 0 Å². The van der Waals surface area contributed by atoms with E-state index >= 15 is 0 Å². The average Bonchev–Trinajstić information content (AvgIpc) is 2.87. The van der Waals surface area contributed by atoms with Crippen molar-refractivity contribution in [1.82, 2.24) is 0 Å². The Morgan fingerprint density at radius 3 is 1.70 bits per heavy atom. The van der Waals surface area contributed by atoms with Crippen LogP contribution >= 0.6 is 11.8 Å². The number of benzene rings is 3. The third-order valence-electron chi connectivity index (χ3n) is 5.83. The number of aromatic carboxylic acids is 2. The van der Waals surface area contributed by atoms with E-state index in [4.69, 9.17) is 18.9 Å². The van der Waals surface area contributed by atoms with Gasteiger partial charge in [0.1, 0.15) is 39.7 Å². The van der Waals surface area contributed by atoms with Crippen molar-refractivity contribution in [2.24, 2.45) is 0 Å². The number of carboxylic acid groups (broad SMARTS) is 2. The Labute approximate surface area is 217 Å². The maximum atomic E-state index is 13.3. The van der Waals surface area contributed by atoms with Crippen LogP contribution in [0.3, 0.4) is 0 Å². The zero-order valence-electron chi connectivity index (χ0n) is 21.1. The van der Waals surface area contributed by atoms with Crippen LogP contribution in [0.1, 0.15) is 47.8 Å². The largest absolute Gasteiger partial charge is 0.496 e. The summed E-state index contributed by atoms with van der Waals surface area (Å²) in [5.41, 5.74) is 1.45. The number of esters is 1. The monoisotopic (exact) mass is 526 g/mol. The summed E-state index contributed by atoms with van der Waals surface area (Å²) < 4.78 is 21.5. The number of hydrogen-bond acceptors (Lipinski definition) is 8. The van der Waals surface area contributed by atoms with Gasteiger partial charge in [-0.2, -0.15) is 0 Å². The van der Waals surface area contributed by atoms with E-state index in [1.54, 1.807) is 51.1 Å². The zero-order valence-corrected chi connectivity index (χ0v) is 21.9. The number of rotatable bonds is 9. The lowest BCUT2D eigenvalue weighted by Crippen LogP contribution is -2.15. The quantitative estimate of drug-likeness (QED) is 0.276. The van der Waals surface area contributed by atoms with Crippen LogP contribution in [0.15, 0.2) is 46.2 Å². The van der Waals surface area contributed by atoms with Crippen LogP contribution in [0.2, 0.25) is 0 Å². The van der Waals surface area contributed by atoms with Gasteiger partial charge in [-0.05, 0) is 68.3 Å². The summed E-state index contributed by atoms with van der Waals surface area (Å²) in [5.74, 6) is -2.15. The molecule has 9 nitrogen and oxygen atoms in total. The van der Waals surface area contributed by atoms with Crippen molar-refractivity contribution < 1.29 is 43.5 Å². The molecule has 0 aliphatic rings. The second-order valence-corrected chi connectivity index (χ2v) is 9.09. The molecular formula is C27H26O9S. The van der Waals surface area contributed by atoms with Crippen molar-refractivity contribution in [2.75, 3.05) is 21.3 Å². The van der Waals surface area contributed by atoms with Crippen LogP contribution in [-0.4, -0.2) is 49.5 Å². The summed E-state index contributed by atoms with van der Waals surface area (Å²) in [4.78, 5) is 37.9.